The normalized spacial score (nSPS) is 11.3. The molecule has 0 radical (unpaired) electrons. The van der Waals surface area contributed by atoms with Crippen LogP contribution in [0, 0.1) is 0 Å². The van der Waals surface area contributed by atoms with Gasteiger partial charge in [-0.05, 0) is 48.0 Å². The van der Waals surface area contributed by atoms with Crippen LogP contribution in [0.3, 0.4) is 0 Å². The van der Waals surface area contributed by atoms with Gasteiger partial charge in [0.05, 0.1) is 11.2 Å². The summed E-state index contributed by atoms with van der Waals surface area (Å²) in [4.78, 5) is 6.21. The second-order valence-corrected chi connectivity index (χ2v) is 7.00. The van der Waals surface area contributed by atoms with E-state index in [9.17, 15) is 0 Å². The van der Waals surface area contributed by atoms with Crippen molar-refractivity contribution in [2.75, 3.05) is 0 Å². The molecule has 3 aromatic carbocycles. The Bertz CT molecular complexity index is 1240. The fourth-order valence-electron chi connectivity index (χ4n) is 3.02. The van der Waals surface area contributed by atoms with E-state index in [2.05, 4.69) is 55.4 Å². The molecule has 0 spiro atoms. The molecule has 2 heterocycles. The average molecular weight is 401 g/mol. The lowest BCUT2D eigenvalue weighted by Crippen LogP contribution is -1.98. The van der Waals surface area contributed by atoms with Crippen LogP contribution in [-0.4, -0.2) is 20.0 Å². The maximum absolute atomic E-state index is 4.55. The van der Waals surface area contributed by atoms with E-state index in [1.807, 2.05) is 54.7 Å². The van der Waals surface area contributed by atoms with Crippen LogP contribution in [0.15, 0.2) is 83.5 Å². The minimum absolute atomic E-state index is 0.863. The summed E-state index contributed by atoms with van der Waals surface area (Å²) in [5, 5.41) is 10.2. The minimum Gasteiger partial charge on any atom is -0.256 e. The first-order valence-electron chi connectivity index (χ1n) is 8.24. The van der Waals surface area contributed by atoms with Gasteiger partial charge in [-0.2, -0.15) is 4.80 Å². The number of aromatic nitrogens is 4. The minimum atomic E-state index is 0.863. The number of benzene rings is 3. The van der Waals surface area contributed by atoms with Gasteiger partial charge in [0.1, 0.15) is 11.0 Å². The van der Waals surface area contributed by atoms with Gasteiger partial charge in [0.2, 0.25) is 0 Å². The van der Waals surface area contributed by atoms with Gasteiger partial charge < -0.3 is 0 Å². The van der Waals surface area contributed by atoms with Crippen LogP contribution in [0.4, 0.5) is 0 Å². The van der Waals surface area contributed by atoms with Crippen molar-refractivity contribution in [3.8, 4) is 16.8 Å². The molecule has 0 aliphatic rings. The Labute approximate surface area is 158 Å². The molecule has 5 aromatic rings. The third-order valence-corrected chi connectivity index (χ3v) is 4.86. The molecule has 0 saturated carbocycles. The van der Waals surface area contributed by atoms with Crippen molar-refractivity contribution in [2.24, 2.45) is 0 Å². The number of para-hydroxylation sites is 1. The molecular formula is C21H13BrN4. The number of pyridine rings is 1. The highest BCUT2D eigenvalue weighted by atomic mass is 79.9. The zero-order valence-corrected chi connectivity index (χ0v) is 15.3. The van der Waals surface area contributed by atoms with Crippen molar-refractivity contribution >= 4 is 37.9 Å². The first kappa shape index (κ1) is 15.2. The van der Waals surface area contributed by atoms with Gasteiger partial charge in [-0.3, -0.25) is 4.98 Å². The predicted molar refractivity (Wildman–Crippen MR) is 107 cm³/mol. The molecule has 0 aliphatic heterocycles. The predicted octanol–water partition coefficient (Wildman–Crippen LogP) is 5.40. The molecule has 0 aliphatic carbocycles. The van der Waals surface area contributed by atoms with Crippen molar-refractivity contribution in [1.29, 1.82) is 0 Å². The van der Waals surface area contributed by atoms with E-state index < -0.39 is 0 Å². The molecule has 0 N–H and O–H groups in total. The van der Waals surface area contributed by atoms with Crippen molar-refractivity contribution in [3.05, 3.63) is 83.5 Å². The molecule has 2 aromatic heterocycles. The summed E-state index contributed by atoms with van der Waals surface area (Å²) in [5.74, 6) is 0. The van der Waals surface area contributed by atoms with Gasteiger partial charge in [-0.1, -0.05) is 46.3 Å². The molecule has 0 saturated heterocycles. The van der Waals surface area contributed by atoms with E-state index in [1.165, 1.54) is 0 Å². The van der Waals surface area contributed by atoms with Gasteiger partial charge in [0.25, 0.3) is 0 Å². The summed E-state index contributed by atoms with van der Waals surface area (Å²) in [6, 6.07) is 24.4. The van der Waals surface area contributed by atoms with E-state index in [0.717, 1.165) is 43.2 Å². The quantitative estimate of drug-likeness (QED) is 0.398. The highest BCUT2D eigenvalue weighted by Crippen LogP contribution is 2.24. The van der Waals surface area contributed by atoms with E-state index in [-0.39, 0.29) is 0 Å². The summed E-state index contributed by atoms with van der Waals surface area (Å²) < 4.78 is 0.996. The van der Waals surface area contributed by atoms with Gasteiger partial charge >= 0.3 is 0 Å². The third-order valence-electron chi connectivity index (χ3n) is 4.36. The lowest BCUT2D eigenvalue weighted by molar-refractivity contribution is 0.766. The Balaban J connectivity index is 1.52. The highest BCUT2D eigenvalue weighted by molar-refractivity contribution is 9.10. The molecule has 0 amide bonds. The Morgan fingerprint density at radius 3 is 2.38 bits per heavy atom. The molecule has 0 unspecified atom stereocenters. The van der Waals surface area contributed by atoms with Crippen LogP contribution >= 0.6 is 15.9 Å². The number of halogens is 1. The zero-order valence-electron chi connectivity index (χ0n) is 13.7. The lowest BCUT2D eigenvalue weighted by Gasteiger charge is -2.05. The van der Waals surface area contributed by atoms with Crippen LogP contribution in [0.1, 0.15) is 0 Å². The van der Waals surface area contributed by atoms with E-state index in [4.69, 9.17) is 0 Å². The molecule has 0 fully saturated rings. The summed E-state index contributed by atoms with van der Waals surface area (Å²) in [6.45, 7) is 0. The number of hydrogen-bond acceptors (Lipinski definition) is 3. The smallest absolute Gasteiger partial charge is 0.114 e. The number of rotatable bonds is 2. The molecule has 26 heavy (non-hydrogen) atoms. The number of hydrogen-bond donors (Lipinski definition) is 0. The van der Waals surface area contributed by atoms with Crippen LogP contribution in [0.5, 0.6) is 0 Å². The van der Waals surface area contributed by atoms with Crippen LogP contribution in [0.2, 0.25) is 0 Å². The largest absolute Gasteiger partial charge is 0.256 e. The lowest BCUT2D eigenvalue weighted by atomic mass is 10.1. The molecule has 0 bridgehead atoms. The maximum atomic E-state index is 4.55. The Kier molecular flexibility index (Phi) is 3.53. The molecule has 0 atom stereocenters. The third kappa shape index (κ3) is 2.66. The molecular weight excluding hydrogens is 388 g/mol. The summed E-state index contributed by atoms with van der Waals surface area (Å²) >= 11 is 3.47. The average Bonchev–Trinajstić information content (AvgIpc) is 3.11. The maximum Gasteiger partial charge on any atom is 0.114 e. The van der Waals surface area contributed by atoms with Crippen molar-refractivity contribution in [3.63, 3.8) is 0 Å². The zero-order chi connectivity index (χ0) is 17.5. The second kappa shape index (κ2) is 6.04. The SMILES string of the molecule is Brc1ccc2nn(-c3ccc(-c4cnc5ccccc5c4)cc3)nc2c1. The number of nitrogens with zero attached hydrogens (tertiary/aromatic N) is 4. The Hall–Kier alpha value is -3.05. The van der Waals surface area contributed by atoms with Crippen molar-refractivity contribution in [2.45, 2.75) is 0 Å². The number of fused-ring (bicyclic) bond motifs is 2. The van der Waals surface area contributed by atoms with Gasteiger partial charge in [-0.15, -0.1) is 10.2 Å². The van der Waals surface area contributed by atoms with Crippen molar-refractivity contribution in [1.82, 2.24) is 20.0 Å². The monoisotopic (exact) mass is 400 g/mol. The Morgan fingerprint density at radius 1 is 0.692 bits per heavy atom. The highest BCUT2D eigenvalue weighted by Gasteiger charge is 2.06. The first-order valence-corrected chi connectivity index (χ1v) is 9.04. The van der Waals surface area contributed by atoms with Crippen molar-refractivity contribution < 1.29 is 0 Å². The van der Waals surface area contributed by atoms with Gasteiger partial charge in [0, 0.05) is 21.6 Å². The molecule has 124 valence electrons. The molecule has 5 rings (SSSR count). The standard InChI is InChI=1S/C21H13BrN4/c22-17-7-10-20-21(12-17)25-26(24-20)18-8-5-14(6-9-18)16-11-15-3-1-2-4-19(15)23-13-16/h1-13H. The molecule has 5 heteroatoms. The van der Waals surface area contributed by atoms with E-state index in [0.29, 0.717) is 0 Å². The summed E-state index contributed by atoms with van der Waals surface area (Å²) in [6.07, 6.45) is 1.91. The van der Waals surface area contributed by atoms with Crippen LogP contribution < -0.4 is 0 Å². The fourth-order valence-corrected chi connectivity index (χ4v) is 3.37. The summed E-state index contributed by atoms with van der Waals surface area (Å²) in [7, 11) is 0. The van der Waals surface area contributed by atoms with Gasteiger partial charge in [-0.25, -0.2) is 0 Å². The molecule has 4 nitrogen and oxygen atoms in total. The first-order chi connectivity index (χ1) is 12.8. The van der Waals surface area contributed by atoms with Gasteiger partial charge in [0.15, 0.2) is 0 Å². The van der Waals surface area contributed by atoms with E-state index in [1.54, 1.807) is 4.80 Å². The van der Waals surface area contributed by atoms with E-state index >= 15 is 0 Å². The Morgan fingerprint density at radius 2 is 1.50 bits per heavy atom. The summed E-state index contributed by atoms with van der Waals surface area (Å²) in [5.41, 5.74) is 5.88. The second-order valence-electron chi connectivity index (χ2n) is 6.09. The fraction of sp³-hybridized carbons (Fsp3) is 0. The van der Waals surface area contributed by atoms with Crippen LogP contribution in [0.25, 0.3) is 38.8 Å². The van der Waals surface area contributed by atoms with Crippen LogP contribution in [-0.2, 0) is 0 Å². The topological polar surface area (TPSA) is 43.6 Å².